The maximum atomic E-state index is 12.7. The SMILES string of the molecule is Nc1nc2ccccc2c2c1ncn2CCCNC(=O)[C@H](CCC(=O)O)NC(=O)OCc1ccccc1. The highest BCUT2D eigenvalue weighted by Crippen LogP contribution is 2.26. The van der Waals surface area contributed by atoms with E-state index in [0.717, 1.165) is 22.0 Å². The van der Waals surface area contributed by atoms with E-state index in [1.54, 1.807) is 18.5 Å². The number of fused-ring (bicyclic) bond motifs is 3. The van der Waals surface area contributed by atoms with Gasteiger partial charge < -0.3 is 30.8 Å². The lowest BCUT2D eigenvalue weighted by Crippen LogP contribution is -2.47. The first-order chi connectivity index (χ1) is 17.9. The van der Waals surface area contributed by atoms with Crippen LogP contribution >= 0.6 is 0 Å². The van der Waals surface area contributed by atoms with Gasteiger partial charge in [0, 0.05) is 24.9 Å². The van der Waals surface area contributed by atoms with Crippen LogP contribution in [0.1, 0.15) is 24.8 Å². The molecule has 0 spiro atoms. The molecule has 0 radical (unpaired) electrons. The van der Waals surface area contributed by atoms with Gasteiger partial charge >= 0.3 is 12.1 Å². The smallest absolute Gasteiger partial charge is 0.408 e. The summed E-state index contributed by atoms with van der Waals surface area (Å²) in [5.41, 5.74) is 9.13. The number of carbonyl (C=O) groups is 3. The normalized spacial score (nSPS) is 11.8. The number of benzene rings is 2. The number of nitrogens with zero attached hydrogens (tertiary/aromatic N) is 3. The zero-order chi connectivity index (χ0) is 26.2. The van der Waals surface area contributed by atoms with E-state index in [1.165, 1.54) is 0 Å². The number of alkyl carbamates (subject to hydrolysis) is 1. The van der Waals surface area contributed by atoms with Crippen molar-refractivity contribution < 1.29 is 24.2 Å². The molecular weight excluding hydrogens is 476 g/mol. The average Bonchev–Trinajstić information content (AvgIpc) is 3.33. The summed E-state index contributed by atoms with van der Waals surface area (Å²) in [5, 5.41) is 15.2. The number of carbonyl (C=O) groups excluding carboxylic acids is 2. The second-order valence-electron chi connectivity index (χ2n) is 8.49. The van der Waals surface area contributed by atoms with Gasteiger partial charge in [0.05, 0.1) is 17.4 Å². The summed E-state index contributed by atoms with van der Waals surface area (Å²) in [7, 11) is 0. The van der Waals surface area contributed by atoms with Crippen molar-refractivity contribution in [2.24, 2.45) is 0 Å². The Morgan fingerprint density at radius 2 is 1.84 bits per heavy atom. The third-order valence-corrected chi connectivity index (χ3v) is 5.82. The number of para-hydroxylation sites is 1. The second kappa shape index (κ2) is 11.8. The number of rotatable bonds is 11. The van der Waals surface area contributed by atoms with Crippen LogP contribution in [0.3, 0.4) is 0 Å². The van der Waals surface area contributed by atoms with Crippen molar-refractivity contribution >= 4 is 45.7 Å². The average molecular weight is 505 g/mol. The van der Waals surface area contributed by atoms with Crippen LogP contribution in [0.5, 0.6) is 0 Å². The van der Waals surface area contributed by atoms with Gasteiger partial charge in [-0.25, -0.2) is 14.8 Å². The Kier molecular flexibility index (Phi) is 8.14. The third kappa shape index (κ3) is 6.51. The zero-order valence-electron chi connectivity index (χ0n) is 20.1. The van der Waals surface area contributed by atoms with Crippen LogP contribution in [0.15, 0.2) is 60.9 Å². The number of carboxylic acid groups (broad SMARTS) is 1. The van der Waals surface area contributed by atoms with Gasteiger partial charge in [-0.1, -0.05) is 48.5 Å². The third-order valence-electron chi connectivity index (χ3n) is 5.82. The Hall–Kier alpha value is -4.67. The standard InChI is InChI=1S/C26H28N6O5/c27-24-22-23(18-9-4-5-10-19(18)30-24)32(16-29-22)14-6-13-28-25(35)20(11-12-21(33)34)31-26(36)37-15-17-7-2-1-3-8-17/h1-5,7-10,16,20H,6,11-15H2,(H2,27,30)(H,28,35)(H,31,36)(H,33,34)/t20-/m0/s1. The minimum atomic E-state index is -1.06. The first kappa shape index (κ1) is 25.4. The van der Waals surface area contributed by atoms with Crippen LogP contribution < -0.4 is 16.4 Å². The number of nitrogens with one attached hydrogen (secondary N) is 2. The fourth-order valence-corrected chi connectivity index (χ4v) is 4.00. The molecular formula is C26H28N6O5. The number of imidazole rings is 1. The number of hydrogen-bond acceptors (Lipinski definition) is 7. The van der Waals surface area contributed by atoms with Crippen LogP contribution in [0.25, 0.3) is 21.9 Å². The van der Waals surface area contributed by atoms with Crippen molar-refractivity contribution in [2.75, 3.05) is 12.3 Å². The number of nitrogen functional groups attached to an aromatic ring is 1. The Morgan fingerprint density at radius 1 is 1.08 bits per heavy atom. The van der Waals surface area contributed by atoms with Crippen molar-refractivity contribution in [3.8, 4) is 0 Å². The van der Waals surface area contributed by atoms with Crippen molar-refractivity contribution in [1.29, 1.82) is 0 Å². The number of aromatic nitrogens is 3. The van der Waals surface area contributed by atoms with Gasteiger partial charge in [0.2, 0.25) is 5.91 Å². The van der Waals surface area contributed by atoms with Crippen LogP contribution in [0.2, 0.25) is 0 Å². The maximum absolute atomic E-state index is 12.7. The molecule has 0 aliphatic rings. The van der Waals surface area contributed by atoms with Gasteiger partial charge in [-0.15, -0.1) is 0 Å². The summed E-state index contributed by atoms with van der Waals surface area (Å²) >= 11 is 0. The minimum Gasteiger partial charge on any atom is -0.481 e. The fourth-order valence-electron chi connectivity index (χ4n) is 4.00. The molecule has 11 nitrogen and oxygen atoms in total. The number of hydrogen-bond donors (Lipinski definition) is 4. The molecule has 192 valence electrons. The van der Waals surface area contributed by atoms with Crippen molar-refractivity contribution in [2.45, 2.75) is 38.5 Å². The molecule has 0 saturated carbocycles. The fraction of sp³-hybridized carbons (Fsp3) is 0.269. The van der Waals surface area contributed by atoms with Gasteiger partial charge in [0.1, 0.15) is 18.2 Å². The van der Waals surface area contributed by atoms with Crippen molar-refractivity contribution in [3.05, 3.63) is 66.5 Å². The summed E-state index contributed by atoms with van der Waals surface area (Å²) in [6, 6.07) is 15.7. The highest BCUT2D eigenvalue weighted by Gasteiger charge is 2.22. The van der Waals surface area contributed by atoms with Crippen LogP contribution in [0, 0.1) is 0 Å². The first-order valence-electron chi connectivity index (χ1n) is 11.9. The molecule has 0 aliphatic carbocycles. The molecule has 0 fully saturated rings. The van der Waals surface area contributed by atoms with E-state index in [4.69, 9.17) is 15.6 Å². The predicted octanol–water partition coefficient (Wildman–Crippen LogP) is 2.83. The Morgan fingerprint density at radius 3 is 2.62 bits per heavy atom. The maximum Gasteiger partial charge on any atom is 0.408 e. The van der Waals surface area contributed by atoms with E-state index in [1.807, 2.05) is 47.0 Å². The molecule has 37 heavy (non-hydrogen) atoms. The number of aryl methyl sites for hydroxylation is 1. The second-order valence-corrected chi connectivity index (χ2v) is 8.49. The molecule has 2 heterocycles. The van der Waals surface area contributed by atoms with Crippen LogP contribution in [-0.4, -0.2) is 50.2 Å². The lowest BCUT2D eigenvalue weighted by Gasteiger charge is -2.18. The highest BCUT2D eigenvalue weighted by molar-refractivity contribution is 6.06. The van der Waals surface area contributed by atoms with E-state index in [2.05, 4.69) is 20.6 Å². The quantitative estimate of drug-likeness (QED) is 0.227. The highest BCUT2D eigenvalue weighted by atomic mass is 16.5. The predicted molar refractivity (Wildman–Crippen MR) is 137 cm³/mol. The molecule has 5 N–H and O–H groups in total. The van der Waals surface area contributed by atoms with Crippen LogP contribution in [-0.2, 0) is 27.5 Å². The molecule has 2 aromatic heterocycles. The Bertz CT molecular complexity index is 1400. The van der Waals surface area contributed by atoms with Crippen molar-refractivity contribution in [3.63, 3.8) is 0 Å². The number of amides is 2. The molecule has 4 aromatic rings. The molecule has 1 atom stereocenters. The zero-order valence-corrected chi connectivity index (χ0v) is 20.1. The lowest BCUT2D eigenvalue weighted by atomic mass is 10.1. The van der Waals surface area contributed by atoms with E-state index >= 15 is 0 Å². The summed E-state index contributed by atoms with van der Waals surface area (Å²) in [6.45, 7) is 0.894. The van der Waals surface area contributed by atoms with Gasteiger partial charge in [0.15, 0.2) is 5.82 Å². The van der Waals surface area contributed by atoms with E-state index in [0.29, 0.717) is 30.8 Å². The van der Waals surface area contributed by atoms with Gasteiger partial charge in [-0.3, -0.25) is 9.59 Å². The van der Waals surface area contributed by atoms with Gasteiger partial charge in [-0.2, -0.15) is 0 Å². The number of carboxylic acids is 1. The topological polar surface area (TPSA) is 161 Å². The van der Waals surface area contributed by atoms with E-state index in [9.17, 15) is 14.4 Å². The summed E-state index contributed by atoms with van der Waals surface area (Å²) in [5.74, 6) is -1.19. The molecule has 2 amide bonds. The molecule has 11 heteroatoms. The number of nitrogens with two attached hydrogens (primary N) is 1. The monoisotopic (exact) mass is 504 g/mol. The molecule has 4 rings (SSSR count). The van der Waals surface area contributed by atoms with Crippen LogP contribution in [0.4, 0.5) is 10.6 Å². The number of pyridine rings is 1. The minimum absolute atomic E-state index is 0.0352. The van der Waals surface area contributed by atoms with Crippen molar-refractivity contribution in [1.82, 2.24) is 25.2 Å². The largest absolute Gasteiger partial charge is 0.481 e. The number of ether oxygens (including phenoxy) is 1. The summed E-state index contributed by atoms with van der Waals surface area (Å²) in [4.78, 5) is 44.8. The summed E-state index contributed by atoms with van der Waals surface area (Å²) < 4.78 is 7.13. The summed E-state index contributed by atoms with van der Waals surface area (Å²) in [6.07, 6.45) is 1.12. The molecule has 0 saturated heterocycles. The molecule has 0 aliphatic heterocycles. The Balaban J connectivity index is 1.33. The number of anilines is 1. The molecule has 0 bridgehead atoms. The first-order valence-corrected chi connectivity index (χ1v) is 11.9. The van der Waals surface area contributed by atoms with Gasteiger partial charge in [-0.05, 0) is 24.5 Å². The van der Waals surface area contributed by atoms with Gasteiger partial charge in [0.25, 0.3) is 0 Å². The molecule has 0 unspecified atom stereocenters. The van der Waals surface area contributed by atoms with E-state index < -0.39 is 24.0 Å². The lowest BCUT2D eigenvalue weighted by molar-refractivity contribution is -0.137. The van der Waals surface area contributed by atoms with E-state index in [-0.39, 0.29) is 19.4 Å². The number of aliphatic carboxylic acids is 1. The Labute approximate surface area is 212 Å². The molecule has 2 aromatic carbocycles.